The van der Waals surface area contributed by atoms with Gasteiger partial charge in [0.2, 0.25) is 0 Å². The van der Waals surface area contributed by atoms with Crippen molar-refractivity contribution in [2.45, 2.75) is 19.6 Å². The molecule has 3 nitrogen and oxygen atoms in total. The summed E-state index contributed by atoms with van der Waals surface area (Å²) in [4.78, 5) is 8.63. The average Bonchev–Trinajstić information content (AvgIpc) is 2.86. The first-order valence-corrected chi connectivity index (χ1v) is 6.73. The molecule has 1 N–H and O–H groups in total. The van der Waals surface area contributed by atoms with Crippen LogP contribution in [0.15, 0.2) is 23.7 Å². The van der Waals surface area contributed by atoms with Gasteiger partial charge in [0.25, 0.3) is 0 Å². The van der Waals surface area contributed by atoms with Crippen LogP contribution in [0.3, 0.4) is 0 Å². The second kappa shape index (κ2) is 4.95. The van der Waals surface area contributed by atoms with Crippen molar-refractivity contribution in [1.29, 1.82) is 0 Å². The van der Waals surface area contributed by atoms with Crippen LogP contribution >= 0.6 is 22.7 Å². The van der Waals surface area contributed by atoms with Crippen LogP contribution in [0.25, 0.3) is 0 Å². The quantitative estimate of drug-likeness (QED) is 0.911. The summed E-state index contributed by atoms with van der Waals surface area (Å²) < 4.78 is 0. The van der Waals surface area contributed by atoms with Crippen molar-refractivity contribution >= 4 is 27.8 Å². The molecule has 0 aliphatic heterocycles. The Morgan fingerprint density at radius 2 is 2.38 bits per heavy atom. The van der Waals surface area contributed by atoms with Gasteiger partial charge in [-0.1, -0.05) is 17.4 Å². The highest BCUT2D eigenvalue weighted by Crippen LogP contribution is 2.27. The molecule has 0 fully saturated rings. The smallest absolute Gasteiger partial charge is 0.185 e. The molecule has 0 saturated carbocycles. The molecule has 0 spiro atoms. The lowest BCUT2D eigenvalue weighted by atomic mass is 10.4. The van der Waals surface area contributed by atoms with Gasteiger partial charge in [0, 0.05) is 18.1 Å². The van der Waals surface area contributed by atoms with Gasteiger partial charge in [-0.3, -0.25) is 0 Å². The van der Waals surface area contributed by atoms with E-state index in [2.05, 4.69) is 27.4 Å². The zero-order chi connectivity index (χ0) is 11.5. The maximum Gasteiger partial charge on any atom is 0.185 e. The van der Waals surface area contributed by atoms with E-state index in [-0.39, 0.29) is 0 Å². The Morgan fingerprint density at radius 3 is 2.94 bits per heavy atom. The minimum atomic E-state index is -0.429. The Morgan fingerprint density at radius 1 is 1.56 bits per heavy atom. The van der Waals surface area contributed by atoms with Crippen molar-refractivity contribution in [3.05, 3.63) is 33.5 Å². The molecular formula is C11H14N2OS2. The standard InChI is InChI=1S/C11H14N2OS2/c1-8(14)10-6-12-11(16-10)13(2)7-9-4-3-5-15-9/h3-6,8,14H,7H2,1-2H3. The zero-order valence-electron chi connectivity index (χ0n) is 9.25. The second-order valence-electron chi connectivity index (χ2n) is 3.66. The summed E-state index contributed by atoms with van der Waals surface area (Å²) >= 11 is 3.29. The van der Waals surface area contributed by atoms with Crippen LogP contribution in [0.5, 0.6) is 0 Å². The summed E-state index contributed by atoms with van der Waals surface area (Å²) in [6.45, 7) is 2.63. The highest BCUT2D eigenvalue weighted by Gasteiger charge is 2.10. The van der Waals surface area contributed by atoms with Crippen molar-refractivity contribution in [2.75, 3.05) is 11.9 Å². The third kappa shape index (κ3) is 2.61. The number of hydrogen-bond acceptors (Lipinski definition) is 5. The Bertz CT molecular complexity index is 437. The van der Waals surface area contributed by atoms with Crippen molar-refractivity contribution in [3.63, 3.8) is 0 Å². The molecule has 0 bridgehead atoms. The molecule has 0 aromatic carbocycles. The summed E-state index contributed by atoms with van der Waals surface area (Å²) in [5.41, 5.74) is 0. The van der Waals surface area contributed by atoms with Gasteiger partial charge in [-0.15, -0.1) is 11.3 Å². The molecule has 1 unspecified atom stereocenters. The molecule has 0 amide bonds. The number of thiophene rings is 1. The van der Waals surface area contributed by atoms with Crippen LogP contribution in [0.2, 0.25) is 0 Å². The van der Waals surface area contributed by atoms with Gasteiger partial charge in [0.1, 0.15) is 0 Å². The van der Waals surface area contributed by atoms with Gasteiger partial charge in [-0.2, -0.15) is 0 Å². The average molecular weight is 254 g/mol. The fourth-order valence-electron chi connectivity index (χ4n) is 1.35. The van der Waals surface area contributed by atoms with E-state index in [0.29, 0.717) is 0 Å². The lowest BCUT2D eigenvalue weighted by Crippen LogP contribution is -2.14. The Hall–Kier alpha value is -0.910. The van der Waals surface area contributed by atoms with Crippen LogP contribution < -0.4 is 4.90 Å². The molecule has 0 aliphatic carbocycles. The van der Waals surface area contributed by atoms with Crippen LogP contribution in [-0.2, 0) is 6.54 Å². The largest absolute Gasteiger partial charge is 0.388 e. The van der Waals surface area contributed by atoms with Gasteiger partial charge < -0.3 is 10.0 Å². The molecule has 0 saturated heterocycles. The number of anilines is 1. The maximum atomic E-state index is 9.43. The molecule has 5 heteroatoms. The minimum absolute atomic E-state index is 0.429. The molecule has 86 valence electrons. The fourth-order valence-corrected chi connectivity index (χ4v) is 2.92. The highest BCUT2D eigenvalue weighted by molar-refractivity contribution is 7.15. The van der Waals surface area contributed by atoms with Crippen LogP contribution in [0.1, 0.15) is 22.8 Å². The van der Waals surface area contributed by atoms with Crippen LogP contribution in [0, 0.1) is 0 Å². The summed E-state index contributed by atoms with van der Waals surface area (Å²) in [5, 5.41) is 12.5. The van der Waals surface area contributed by atoms with E-state index >= 15 is 0 Å². The van der Waals surface area contributed by atoms with E-state index in [9.17, 15) is 5.11 Å². The molecule has 16 heavy (non-hydrogen) atoms. The Balaban J connectivity index is 2.06. The molecule has 2 aromatic rings. The summed E-state index contributed by atoms with van der Waals surface area (Å²) in [6, 6.07) is 4.17. The number of thiazole rings is 1. The normalized spacial score (nSPS) is 12.7. The first-order valence-electron chi connectivity index (χ1n) is 5.04. The van der Waals surface area contributed by atoms with E-state index in [0.717, 1.165) is 16.6 Å². The van der Waals surface area contributed by atoms with Gasteiger partial charge >= 0.3 is 0 Å². The number of aliphatic hydroxyl groups is 1. The predicted molar refractivity (Wildman–Crippen MR) is 69.2 cm³/mol. The topological polar surface area (TPSA) is 36.4 Å². The third-order valence-corrected chi connectivity index (χ3v) is 4.37. The van der Waals surface area contributed by atoms with Crippen molar-refractivity contribution < 1.29 is 5.11 Å². The van der Waals surface area contributed by atoms with E-state index in [1.165, 1.54) is 4.88 Å². The predicted octanol–water partition coefficient (Wildman–Crippen LogP) is 2.89. The molecule has 2 rings (SSSR count). The molecule has 1 atom stereocenters. The van der Waals surface area contributed by atoms with Crippen LogP contribution in [-0.4, -0.2) is 17.1 Å². The van der Waals surface area contributed by atoms with Crippen molar-refractivity contribution in [1.82, 2.24) is 4.98 Å². The zero-order valence-corrected chi connectivity index (χ0v) is 10.9. The third-order valence-electron chi connectivity index (χ3n) is 2.22. The highest BCUT2D eigenvalue weighted by atomic mass is 32.1. The fraction of sp³-hybridized carbons (Fsp3) is 0.364. The Kier molecular flexibility index (Phi) is 3.58. The lowest BCUT2D eigenvalue weighted by Gasteiger charge is -2.14. The van der Waals surface area contributed by atoms with Crippen molar-refractivity contribution in [2.24, 2.45) is 0 Å². The van der Waals surface area contributed by atoms with Gasteiger partial charge in [-0.25, -0.2) is 4.98 Å². The van der Waals surface area contributed by atoms with E-state index in [1.54, 1.807) is 35.8 Å². The molecular weight excluding hydrogens is 240 g/mol. The lowest BCUT2D eigenvalue weighted by molar-refractivity contribution is 0.203. The van der Waals surface area contributed by atoms with Gasteiger partial charge in [0.05, 0.1) is 17.5 Å². The molecule has 2 aromatic heterocycles. The first-order chi connectivity index (χ1) is 7.66. The second-order valence-corrected chi connectivity index (χ2v) is 5.73. The molecule has 0 aliphatic rings. The number of aliphatic hydroxyl groups excluding tert-OH is 1. The van der Waals surface area contributed by atoms with E-state index < -0.39 is 6.10 Å². The van der Waals surface area contributed by atoms with E-state index in [4.69, 9.17) is 0 Å². The Labute approximate surface area is 103 Å². The van der Waals surface area contributed by atoms with Gasteiger partial charge in [-0.05, 0) is 18.4 Å². The van der Waals surface area contributed by atoms with Crippen LogP contribution in [0.4, 0.5) is 5.13 Å². The molecule has 2 heterocycles. The van der Waals surface area contributed by atoms with E-state index in [1.807, 2.05) is 7.05 Å². The summed E-state index contributed by atoms with van der Waals surface area (Å²) in [7, 11) is 2.02. The number of rotatable bonds is 4. The molecule has 0 radical (unpaired) electrons. The number of hydrogen-bond donors (Lipinski definition) is 1. The number of aromatic nitrogens is 1. The minimum Gasteiger partial charge on any atom is -0.388 e. The monoisotopic (exact) mass is 254 g/mol. The van der Waals surface area contributed by atoms with Gasteiger partial charge in [0.15, 0.2) is 5.13 Å². The summed E-state index contributed by atoms with van der Waals surface area (Å²) in [5.74, 6) is 0. The number of nitrogens with zero attached hydrogens (tertiary/aromatic N) is 2. The maximum absolute atomic E-state index is 9.43. The first kappa shape index (κ1) is 11.6. The SMILES string of the molecule is CC(O)c1cnc(N(C)Cc2cccs2)s1. The van der Waals surface area contributed by atoms with Crippen molar-refractivity contribution in [3.8, 4) is 0 Å². The summed E-state index contributed by atoms with van der Waals surface area (Å²) in [6.07, 6.45) is 1.32.